The summed E-state index contributed by atoms with van der Waals surface area (Å²) < 4.78 is 10.9. The molecule has 1 N–H and O–H groups in total. The standard InChI is InChI=1S/C15H19N3O3/c1-9-8-12(10(2)20-9)13(19)16-15-18-17-14(21-15)11-6-4-3-5-7-11/h8,11H,3-7H2,1-2H3,(H,16,18,19). The summed E-state index contributed by atoms with van der Waals surface area (Å²) in [7, 11) is 0. The zero-order valence-electron chi connectivity index (χ0n) is 12.3. The van der Waals surface area contributed by atoms with E-state index in [1.807, 2.05) is 0 Å². The maximum atomic E-state index is 12.1. The smallest absolute Gasteiger partial charge is 0.322 e. The molecule has 3 rings (SSSR count). The van der Waals surface area contributed by atoms with E-state index in [9.17, 15) is 4.79 Å². The molecular weight excluding hydrogens is 270 g/mol. The Kier molecular flexibility index (Phi) is 3.77. The van der Waals surface area contributed by atoms with E-state index < -0.39 is 0 Å². The van der Waals surface area contributed by atoms with Crippen LogP contribution in [0, 0.1) is 13.8 Å². The maximum Gasteiger partial charge on any atom is 0.322 e. The van der Waals surface area contributed by atoms with Crippen LogP contribution in [-0.4, -0.2) is 16.1 Å². The predicted octanol–water partition coefficient (Wildman–Crippen LogP) is 3.58. The maximum absolute atomic E-state index is 12.1. The number of hydrogen-bond donors (Lipinski definition) is 1. The van der Waals surface area contributed by atoms with Gasteiger partial charge in [0.15, 0.2) is 0 Å². The molecule has 0 saturated heterocycles. The van der Waals surface area contributed by atoms with Gasteiger partial charge in [0.1, 0.15) is 11.5 Å². The molecule has 0 unspecified atom stereocenters. The van der Waals surface area contributed by atoms with Gasteiger partial charge in [0, 0.05) is 5.92 Å². The van der Waals surface area contributed by atoms with E-state index in [1.165, 1.54) is 19.3 Å². The van der Waals surface area contributed by atoms with Crippen LogP contribution in [0.1, 0.15) is 65.8 Å². The van der Waals surface area contributed by atoms with E-state index in [-0.39, 0.29) is 11.9 Å². The predicted molar refractivity (Wildman–Crippen MR) is 76.3 cm³/mol. The van der Waals surface area contributed by atoms with Gasteiger partial charge in [-0.2, -0.15) is 0 Å². The molecule has 0 aliphatic heterocycles. The fourth-order valence-corrected chi connectivity index (χ4v) is 2.82. The molecular formula is C15H19N3O3. The Morgan fingerprint density at radius 1 is 1.19 bits per heavy atom. The van der Waals surface area contributed by atoms with E-state index in [2.05, 4.69) is 15.5 Å². The lowest BCUT2D eigenvalue weighted by molar-refractivity contribution is 0.102. The molecule has 2 heterocycles. The highest BCUT2D eigenvalue weighted by Gasteiger charge is 2.22. The van der Waals surface area contributed by atoms with Crippen LogP contribution < -0.4 is 5.32 Å². The van der Waals surface area contributed by atoms with Crippen molar-refractivity contribution in [2.24, 2.45) is 0 Å². The molecule has 0 aromatic carbocycles. The number of furan rings is 1. The molecule has 2 aromatic heterocycles. The highest BCUT2D eigenvalue weighted by atomic mass is 16.4. The molecule has 21 heavy (non-hydrogen) atoms. The van der Waals surface area contributed by atoms with Gasteiger partial charge in [-0.1, -0.05) is 24.4 Å². The molecule has 1 fully saturated rings. The number of nitrogens with one attached hydrogen (secondary N) is 1. The molecule has 1 aliphatic rings. The Morgan fingerprint density at radius 3 is 2.62 bits per heavy atom. The van der Waals surface area contributed by atoms with Crippen LogP contribution in [0.3, 0.4) is 0 Å². The van der Waals surface area contributed by atoms with E-state index >= 15 is 0 Å². The SMILES string of the molecule is Cc1cc(C(=O)Nc2nnc(C3CCCCC3)o2)c(C)o1. The molecule has 6 nitrogen and oxygen atoms in total. The van der Waals surface area contributed by atoms with Crippen molar-refractivity contribution in [3.63, 3.8) is 0 Å². The number of nitrogens with zero attached hydrogens (tertiary/aromatic N) is 2. The summed E-state index contributed by atoms with van der Waals surface area (Å²) in [5.41, 5.74) is 0.491. The number of amides is 1. The number of carbonyl (C=O) groups excluding carboxylic acids is 1. The summed E-state index contributed by atoms with van der Waals surface area (Å²) in [5, 5.41) is 10.6. The molecule has 0 radical (unpaired) electrons. The minimum Gasteiger partial charge on any atom is -0.466 e. The topological polar surface area (TPSA) is 81.2 Å². The molecule has 1 amide bonds. The Hall–Kier alpha value is -2.11. The second-order valence-corrected chi connectivity index (χ2v) is 5.56. The first-order valence-electron chi connectivity index (χ1n) is 7.35. The third kappa shape index (κ3) is 2.99. The zero-order chi connectivity index (χ0) is 14.8. The number of anilines is 1. The van der Waals surface area contributed by atoms with Gasteiger partial charge in [0.25, 0.3) is 5.91 Å². The first-order valence-corrected chi connectivity index (χ1v) is 7.35. The zero-order valence-corrected chi connectivity index (χ0v) is 12.3. The average molecular weight is 289 g/mol. The van der Waals surface area contributed by atoms with E-state index in [1.54, 1.807) is 19.9 Å². The van der Waals surface area contributed by atoms with Crippen molar-refractivity contribution in [2.75, 3.05) is 5.32 Å². The van der Waals surface area contributed by atoms with Crippen molar-refractivity contribution in [3.05, 3.63) is 29.0 Å². The van der Waals surface area contributed by atoms with E-state index in [0.29, 0.717) is 28.9 Å². The summed E-state index contributed by atoms with van der Waals surface area (Å²) in [6.07, 6.45) is 5.82. The Bertz CT molecular complexity index is 638. The van der Waals surface area contributed by atoms with Gasteiger partial charge in [-0.3, -0.25) is 10.1 Å². The van der Waals surface area contributed by atoms with Crippen LogP contribution in [0.25, 0.3) is 0 Å². The molecule has 6 heteroatoms. The first-order chi connectivity index (χ1) is 10.1. The number of hydrogen-bond acceptors (Lipinski definition) is 5. The lowest BCUT2D eigenvalue weighted by Crippen LogP contribution is -2.12. The average Bonchev–Trinajstić information content (AvgIpc) is 3.06. The molecule has 0 bridgehead atoms. The van der Waals surface area contributed by atoms with Gasteiger partial charge in [-0.15, -0.1) is 5.10 Å². The van der Waals surface area contributed by atoms with Crippen molar-refractivity contribution in [1.29, 1.82) is 0 Å². The van der Waals surface area contributed by atoms with Crippen molar-refractivity contribution >= 4 is 11.9 Å². The fraction of sp³-hybridized carbons (Fsp3) is 0.533. The van der Waals surface area contributed by atoms with Gasteiger partial charge in [0.2, 0.25) is 5.89 Å². The van der Waals surface area contributed by atoms with E-state index in [0.717, 1.165) is 12.8 Å². The molecule has 1 aliphatic carbocycles. The van der Waals surface area contributed by atoms with Crippen molar-refractivity contribution < 1.29 is 13.6 Å². The van der Waals surface area contributed by atoms with Gasteiger partial charge in [-0.25, -0.2) is 0 Å². The van der Waals surface area contributed by atoms with Crippen LogP contribution in [-0.2, 0) is 0 Å². The molecule has 2 aromatic rings. The number of aryl methyl sites for hydroxylation is 2. The summed E-state index contributed by atoms with van der Waals surface area (Å²) in [6.45, 7) is 3.56. The highest BCUT2D eigenvalue weighted by molar-refractivity contribution is 6.03. The third-order valence-electron chi connectivity index (χ3n) is 3.90. The molecule has 112 valence electrons. The Morgan fingerprint density at radius 2 is 1.95 bits per heavy atom. The molecule has 1 saturated carbocycles. The van der Waals surface area contributed by atoms with Gasteiger partial charge >= 0.3 is 6.01 Å². The first kappa shape index (κ1) is 13.9. The second kappa shape index (κ2) is 5.71. The van der Waals surface area contributed by atoms with E-state index in [4.69, 9.17) is 8.83 Å². The number of carbonyl (C=O) groups is 1. The summed E-state index contributed by atoms with van der Waals surface area (Å²) >= 11 is 0. The number of rotatable bonds is 3. The lowest BCUT2D eigenvalue weighted by Gasteiger charge is -2.17. The summed E-state index contributed by atoms with van der Waals surface area (Å²) in [6, 6.07) is 1.85. The minimum atomic E-state index is -0.289. The monoisotopic (exact) mass is 289 g/mol. The van der Waals surface area contributed by atoms with Crippen molar-refractivity contribution in [3.8, 4) is 0 Å². The third-order valence-corrected chi connectivity index (χ3v) is 3.90. The normalized spacial score (nSPS) is 16.1. The second-order valence-electron chi connectivity index (χ2n) is 5.56. The summed E-state index contributed by atoms with van der Waals surface area (Å²) in [5.74, 6) is 1.95. The fourth-order valence-electron chi connectivity index (χ4n) is 2.82. The quantitative estimate of drug-likeness (QED) is 0.934. The van der Waals surface area contributed by atoms with Gasteiger partial charge < -0.3 is 8.83 Å². The summed E-state index contributed by atoms with van der Waals surface area (Å²) in [4.78, 5) is 12.1. The van der Waals surface area contributed by atoms with Crippen LogP contribution in [0.5, 0.6) is 0 Å². The highest BCUT2D eigenvalue weighted by Crippen LogP contribution is 2.32. The molecule has 0 spiro atoms. The Balaban J connectivity index is 1.69. The van der Waals surface area contributed by atoms with Crippen molar-refractivity contribution in [1.82, 2.24) is 10.2 Å². The Labute approximate surface area is 122 Å². The largest absolute Gasteiger partial charge is 0.466 e. The minimum absolute atomic E-state index is 0.152. The van der Waals surface area contributed by atoms with Crippen LogP contribution >= 0.6 is 0 Å². The number of aromatic nitrogens is 2. The van der Waals surface area contributed by atoms with Gasteiger partial charge in [0.05, 0.1) is 5.56 Å². The van der Waals surface area contributed by atoms with Crippen LogP contribution in [0.15, 0.2) is 14.9 Å². The van der Waals surface area contributed by atoms with Crippen LogP contribution in [0.2, 0.25) is 0 Å². The lowest BCUT2D eigenvalue weighted by atomic mass is 9.89. The van der Waals surface area contributed by atoms with Crippen LogP contribution in [0.4, 0.5) is 6.01 Å². The molecule has 0 atom stereocenters. The van der Waals surface area contributed by atoms with Gasteiger partial charge in [-0.05, 0) is 32.8 Å². The van der Waals surface area contributed by atoms with Crippen molar-refractivity contribution in [2.45, 2.75) is 51.9 Å².